The van der Waals surface area contributed by atoms with Crippen molar-refractivity contribution < 1.29 is 78.2 Å². The van der Waals surface area contributed by atoms with Crippen LogP contribution >= 0.6 is 0 Å². The van der Waals surface area contributed by atoms with Gasteiger partial charge in [-0.2, -0.15) is 91.6 Å². The molecule has 4 fully saturated rings. The Hall–Kier alpha value is -2.66. The molecular formula is C45H82Cu2N16O9-12. The van der Waals surface area contributed by atoms with Crippen LogP contribution in [-0.4, -0.2) is 204 Å². The quantitative estimate of drug-likeness (QED) is 0.105. The number of carboxylic acid groups (broad SMARTS) is 3. The van der Waals surface area contributed by atoms with Crippen molar-refractivity contribution in [2.45, 2.75) is 121 Å². The predicted octanol–water partition coefficient (Wildman–Crippen LogP) is 5.20. The first-order valence-corrected chi connectivity index (χ1v) is 24.7. The summed E-state index contributed by atoms with van der Waals surface area (Å²) in [5, 5.41) is 89.9. The van der Waals surface area contributed by atoms with Gasteiger partial charge in [0.1, 0.15) is 0 Å². The van der Waals surface area contributed by atoms with Crippen LogP contribution in [0.25, 0.3) is 63.8 Å². The topological polar surface area (TPSA) is 394 Å². The predicted molar refractivity (Wildman–Crippen MR) is 274 cm³/mol. The number of hydrogen-bond acceptors (Lipinski definition) is 7. The van der Waals surface area contributed by atoms with Crippen LogP contribution in [0.2, 0.25) is 0 Å². The maximum absolute atomic E-state index is 12.6. The molecule has 4 aliphatic rings. The Morgan fingerprint density at radius 3 is 0.806 bits per heavy atom. The normalized spacial score (nSPS) is 25.5. The van der Waals surface area contributed by atoms with Crippen LogP contribution in [0, 0.1) is 0 Å². The third-order valence-electron chi connectivity index (χ3n) is 10.0. The molecule has 25 nitrogen and oxygen atoms in total. The van der Waals surface area contributed by atoms with Gasteiger partial charge in [0.25, 0.3) is 0 Å². The number of fused-ring (bicyclic) bond motifs is 10. The molecule has 0 unspecified atom stereocenters. The van der Waals surface area contributed by atoms with Gasteiger partial charge in [0.15, 0.2) is 0 Å². The van der Waals surface area contributed by atoms with E-state index >= 15 is 0 Å². The Labute approximate surface area is 449 Å². The number of nitrogens with one attached hydrogen (secondary N) is 3. The Balaban J connectivity index is 0. The van der Waals surface area contributed by atoms with E-state index in [0.29, 0.717) is 91.6 Å². The largest absolute Gasteiger partial charge is 0.664 e. The third-order valence-corrected chi connectivity index (χ3v) is 10.0. The van der Waals surface area contributed by atoms with E-state index in [9.17, 15) is 28.8 Å². The summed E-state index contributed by atoms with van der Waals surface area (Å²) in [6, 6.07) is 0. The van der Waals surface area contributed by atoms with Gasteiger partial charge in [-0.05, 0) is 19.3 Å². The van der Waals surface area contributed by atoms with Crippen LogP contribution in [0.15, 0.2) is 0 Å². The first kappa shape index (κ1) is 71.4. The van der Waals surface area contributed by atoms with E-state index in [1.165, 1.54) is 12.8 Å². The molecule has 2 radical (unpaired) electrons. The van der Waals surface area contributed by atoms with Gasteiger partial charge in [0.05, 0.1) is 0 Å². The van der Waals surface area contributed by atoms with E-state index in [-0.39, 0.29) is 149 Å². The van der Waals surface area contributed by atoms with Crippen molar-refractivity contribution in [3.63, 3.8) is 0 Å². The van der Waals surface area contributed by atoms with E-state index in [4.69, 9.17) is 31.7 Å². The van der Waals surface area contributed by atoms with Gasteiger partial charge in [0, 0.05) is 72.7 Å². The summed E-state index contributed by atoms with van der Waals surface area (Å²) in [5.74, 6) is -3.73. The minimum Gasteiger partial charge on any atom is -0.664 e. The van der Waals surface area contributed by atoms with Gasteiger partial charge in [-0.25, -0.2) is 0 Å². The summed E-state index contributed by atoms with van der Waals surface area (Å²) in [4.78, 5) is 69.7. The van der Waals surface area contributed by atoms with Crippen molar-refractivity contribution in [1.29, 1.82) is 0 Å². The van der Waals surface area contributed by atoms with E-state index in [1.54, 1.807) is 0 Å². The summed E-state index contributed by atoms with van der Waals surface area (Å²) in [6.07, 6.45) is 3.17. The van der Waals surface area contributed by atoms with Crippen LogP contribution in [0.1, 0.15) is 98.3 Å². The van der Waals surface area contributed by atoms with E-state index in [1.807, 2.05) is 0 Å². The molecule has 27 heteroatoms. The Bertz CT molecular complexity index is 1400. The monoisotopic (exact) mass is 1120 g/mol. The van der Waals surface area contributed by atoms with Crippen LogP contribution < -0.4 is 21.7 Å². The molecule has 8 N–H and O–H groups in total. The minimum atomic E-state index is -1.07. The molecule has 4 bridgehead atoms. The molecule has 0 aromatic heterocycles. The maximum atomic E-state index is 12.6. The number of carbonyl (C=O) groups excluding carboxylic acids is 3. The SMILES string of the molecule is CCC.CCC.NC12C[N-]CC[N-]CC(NC(=O)CCCC(=O)O)(C[N-]CC[N-]C1)[N-]CC[N-]2.O=C(O)CCCC(=O)NC12C[N-]CC[N-]CC(NC(=O)CCCC(=O)O)(C[N-]CC[N-]C1)[N-]CC[N-]2.[Cu].[Cu]. The van der Waals surface area contributed by atoms with Gasteiger partial charge < -0.3 is 101 Å². The van der Waals surface area contributed by atoms with E-state index < -0.39 is 40.6 Å². The zero-order valence-corrected chi connectivity index (χ0v) is 44.6. The molecule has 3 amide bonds. The fourth-order valence-corrected chi connectivity index (χ4v) is 6.88. The van der Waals surface area contributed by atoms with Crippen molar-refractivity contribution in [3.05, 3.63) is 63.8 Å². The maximum Gasteiger partial charge on any atom is 0.303 e. The number of aliphatic carboxylic acids is 3. The molecule has 4 heterocycles. The van der Waals surface area contributed by atoms with Gasteiger partial charge in [-0.1, -0.05) is 57.5 Å². The smallest absolute Gasteiger partial charge is 0.303 e. The summed E-state index contributed by atoms with van der Waals surface area (Å²) < 4.78 is 0. The van der Waals surface area contributed by atoms with E-state index in [0.717, 1.165) is 0 Å². The first-order valence-electron chi connectivity index (χ1n) is 24.7. The molecule has 0 saturated carbocycles. The zero-order chi connectivity index (χ0) is 52.0. The van der Waals surface area contributed by atoms with Gasteiger partial charge >= 0.3 is 17.9 Å². The second-order valence-electron chi connectivity index (χ2n) is 17.4. The van der Waals surface area contributed by atoms with Gasteiger partial charge in [0.2, 0.25) is 17.7 Å². The fraction of sp³-hybridized carbons (Fsp3) is 0.867. The molecule has 0 aromatic rings. The Morgan fingerprint density at radius 2 is 0.583 bits per heavy atom. The van der Waals surface area contributed by atoms with Crippen molar-refractivity contribution >= 4 is 35.6 Å². The molecule has 430 valence electrons. The van der Waals surface area contributed by atoms with Crippen LogP contribution in [0.5, 0.6) is 0 Å². The summed E-state index contributed by atoms with van der Waals surface area (Å²) in [7, 11) is 0. The molecule has 0 atom stereocenters. The standard InChI is InChI=1S/C22H36N8O6.C17H30N8O3.2C3H8.2Cu/c31-17(3-1-5-19(33)34)29-21-13-23-7-9-25-15-22(28-12-11-27-21,16-26-10-8-24-14-21)30-18(32)4-2-6-20(35)36;18-16-10-19-4-6-21-12-17(24-9-8-23-16,13-22-7-5-20-11-16)25-14(26)2-1-3-15(27)28;2*1-3-2;;/h1-16H2,(H,29,31)(H,30,32)(H,33,34)(H,35,36);1-13,18H2,(H,25,26)(H,27,28);2*3H2,1-2H3;;/q2*-6;;;;. The molecule has 4 rings (SSSR count). The molecule has 0 aromatic carbocycles. The molecule has 4 aliphatic heterocycles. The molecule has 0 spiro atoms. The zero-order valence-electron chi connectivity index (χ0n) is 42.8. The van der Waals surface area contributed by atoms with Crippen molar-refractivity contribution in [3.8, 4) is 0 Å². The number of hydrogen-bond donors (Lipinski definition) is 7. The Morgan fingerprint density at radius 1 is 0.375 bits per heavy atom. The average molecular weight is 1120 g/mol. The number of nitrogens with zero attached hydrogens (tertiary/aromatic N) is 12. The molecule has 72 heavy (non-hydrogen) atoms. The van der Waals surface area contributed by atoms with Gasteiger partial charge in [-0.15, -0.1) is 44.9 Å². The fourth-order valence-electron chi connectivity index (χ4n) is 6.88. The van der Waals surface area contributed by atoms with Crippen molar-refractivity contribution in [1.82, 2.24) is 16.0 Å². The number of carboxylic acids is 3. The Kier molecular flexibility index (Phi) is 42.2. The second kappa shape index (κ2) is 42.6. The summed E-state index contributed by atoms with van der Waals surface area (Å²) in [5.41, 5.74) is 2.42. The van der Waals surface area contributed by atoms with Crippen LogP contribution in [0.3, 0.4) is 0 Å². The first-order chi connectivity index (χ1) is 33.5. The van der Waals surface area contributed by atoms with Crippen LogP contribution in [-0.2, 0) is 62.9 Å². The summed E-state index contributed by atoms with van der Waals surface area (Å²) >= 11 is 0. The number of nitrogens with two attached hydrogens (primary N) is 1. The van der Waals surface area contributed by atoms with Gasteiger partial charge in [-0.3, -0.25) is 28.8 Å². The minimum absolute atomic E-state index is 0. The van der Waals surface area contributed by atoms with Crippen molar-refractivity contribution in [2.75, 3.05) is 131 Å². The molecule has 4 saturated heterocycles. The second-order valence-corrected chi connectivity index (χ2v) is 17.4. The van der Waals surface area contributed by atoms with E-state index in [2.05, 4.69) is 96.8 Å². The number of amides is 3. The van der Waals surface area contributed by atoms with Crippen LogP contribution in [0.4, 0.5) is 0 Å². The summed E-state index contributed by atoms with van der Waals surface area (Å²) in [6.45, 7) is 15.5. The average Bonchev–Trinajstić information content (AvgIpc) is 3.27. The molecule has 0 aliphatic carbocycles. The molecular weight excluding hydrogens is 1040 g/mol. The number of carbonyl (C=O) groups is 6. The van der Waals surface area contributed by atoms with Crippen molar-refractivity contribution in [2.24, 2.45) is 5.73 Å². The number of rotatable bonds is 15. The third kappa shape index (κ3) is 34.8.